The minimum Gasteiger partial charge on any atom is -0.321 e. The second-order valence-corrected chi connectivity index (χ2v) is 4.40. The quantitative estimate of drug-likeness (QED) is 0.825. The van der Waals surface area contributed by atoms with Crippen LogP contribution in [0, 0.1) is 5.82 Å². The molecule has 1 nitrogen and oxygen atoms in total. The van der Waals surface area contributed by atoms with Gasteiger partial charge in [0.2, 0.25) is 0 Å². The Hall–Kier alpha value is -1.03. The van der Waals surface area contributed by atoms with Gasteiger partial charge in [-0.1, -0.05) is 18.9 Å². The molecule has 0 spiro atoms. The van der Waals surface area contributed by atoms with Gasteiger partial charge in [-0.2, -0.15) is 0 Å². The lowest BCUT2D eigenvalue weighted by atomic mass is 9.88. The first-order valence-corrected chi connectivity index (χ1v) is 5.40. The van der Waals surface area contributed by atoms with E-state index in [9.17, 15) is 13.2 Å². The Bertz CT molecular complexity index is 384. The van der Waals surface area contributed by atoms with Crippen molar-refractivity contribution < 1.29 is 13.2 Å². The van der Waals surface area contributed by atoms with Crippen molar-refractivity contribution in [2.75, 3.05) is 0 Å². The minimum atomic E-state index is -2.58. The summed E-state index contributed by atoms with van der Waals surface area (Å²) in [5.41, 5.74) is 5.39. The zero-order valence-electron chi connectivity index (χ0n) is 8.85. The van der Waals surface area contributed by atoms with Crippen molar-refractivity contribution in [3.63, 3.8) is 0 Å². The molecule has 1 aliphatic rings. The molecule has 16 heavy (non-hydrogen) atoms. The molecule has 1 aromatic rings. The molecular weight excluding hydrogens is 215 g/mol. The fourth-order valence-electron chi connectivity index (χ4n) is 2.34. The average molecular weight is 229 g/mol. The largest absolute Gasteiger partial charge is 0.321 e. The summed E-state index contributed by atoms with van der Waals surface area (Å²) in [4.78, 5) is 0. The Morgan fingerprint density at radius 2 is 1.81 bits per heavy atom. The van der Waals surface area contributed by atoms with Gasteiger partial charge in [-0.15, -0.1) is 0 Å². The molecule has 4 heteroatoms. The maximum Gasteiger partial charge on any atom is 0.263 e. The number of rotatable bonds is 2. The summed E-state index contributed by atoms with van der Waals surface area (Å²) in [5, 5.41) is 0. The highest BCUT2D eigenvalue weighted by Gasteiger charge is 2.34. The van der Waals surface area contributed by atoms with Crippen LogP contribution in [0.15, 0.2) is 18.2 Å². The first kappa shape index (κ1) is 11.5. The van der Waals surface area contributed by atoms with Crippen LogP contribution < -0.4 is 5.73 Å². The van der Waals surface area contributed by atoms with E-state index in [1.54, 1.807) is 0 Å². The van der Waals surface area contributed by atoms with Crippen LogP contribution in [0.3, 0.4) is 0 Å². The van der Waals surface area contributed by atoms with Gasteiger partial charge in [-0.25, -0.2) is 13.2 Å². The first-order valence-electron chi connectivity index (χ1n) is 5.40. The summed E-state index contributed by atoms with van der Waals surface area (Å²) in [6.07, 6.45) is 0.598. The van der Waals surface area contributed by atoms with E-state index in [-0.39, 0.29) is 11.1 Å². The van der Waals surface area contributed by atoms with Gasteiger partial charge in [-0.05, 0) is 25.0 Å². The summed E-state index contributed by atoms with van der Waals surface area (Å²) in [7, 11) is 0. The average Bonchev–Trinajstić information content (AvgIpc) is 2.66. The summed E-state index contributed by atoms with van der Waals surface area (Å²) in [6.45, 7) is 0. The third-order valence-corrected chi connectivity index (χ3v) is 3.27. The van der Waals surface area contributed by atoms with Crippen molar-refractivity contribution in [1.29, 1.82) is 0 Å². The number of hydrogen-bond donors (Lipinski definition) is 1. The van der Waals surface area contributed by atoms with E-state index in [0.29, 0.717) is 12.8 Å². The van der Waals surface area contributed by atoms with Crippen molar-refractivity contribution >= 4 is 0 Å². The van der Waals surface area contributed by atoms with Crippen molar-refractivity contribution in [1.82, 2.24) is 0 Å². The summed E-state index contributed by atoms with van der Waals surface area (Å²) < 4.78 is 38.7. The van der Waals surface area contributed by atoms with Gasteiger partial charge in [0.15, 0.2) is 0 Å². The van der Waals surface area contributed by atoms with Crippen LogP contribution in [-0.4, -0.2) is 0 Å². The maximum atomic E-state index is 13.6. The van der Waals surface area contributed by atoms with E-state index in [1.807, 2.05) is 0 Å². The lowest BCUT2D eigenvalue weighted by Crippen LogP contribution is -2.34. The highest BCUT2D eigenvalue weighted by molar-refractivity contribution is 5.32. The molecule has 88 valence electrons. The number of nitrogens with two attached hydrogens (primary N) is 1. The Morgan fingerprint density at radius 1 is 1.19 bits per heavy atom. The first-order chi connectivity index (χ1) is 7.53. The van der Waals surface area contributed by atoms with Crippen LogP contribution in [0.4, 0.5) is 13.2 Å². The Balaban J connectivity index is 2.42. The SMILES string of the molecule is NC1(c2cc(C(F)F)ccc2F)CCCC1. The van der Waals surface area contributed by atoms with Gasteiger partial charge in [0.1, 0.15) is 5.82 Å². The molecule has 0 radical (unpaired) electrons. The van der Waals surface area contributed by atoms with E-state index in [1.165, 1.54) is 6.07 Å². The lowest BCUT2D eigenvalue weighted by Gasteiger charge is -2.25. The van der Waals surface area contributed by atoms with Crippen molar-refractivity contribution in [2.45, 2.75) is 37.6 Å². The molecule has 0 unspecified atom stereocenters. The number of hydrogen-bond acceptors (Lipinski definition) is 1. The van der Waals surface area contributed by atoms with E-state index in [2.05, 4.69) is 0 Å². The van der Waals surface area contributed by atoms with E-state index < -0.39 is 17.8 Å². The molecule has 2 rings (SSSR count). The molecule has 0 aliphatic heterocycles. The van der Waals surface area contributed by atoms with Gasteiger partial charge in [-0.3, -0.25) is 0 Å². The third kappa shape index (κ3) is 1.94. The zero-order valence-corrected chi connectivity index (χ0v) is 8.85. The van der Waals surface area contributed by atoms with Gasteiger partial charge >= 0.3 is 0 Å². The van der Waals surface area contributed by atoms with Crippen molar-refractivity contribution in [3.8, 4) is 0 Å². The molecule has 0 aromatic heterocycles. The fourth-order valence-corrected chi connectivity index (χ4v) is 2.34. The zero-order chi connectivity index (χ0) is 11.8. The van der Waals surface area contributed by atoms with Crippen LogP contribution in [-0.2, 0) is 5.54 Å². The normalized spacial score (nSPS) is 19.3. The predicted molar refractivity (Wildman–Crippen MR) is 55.7 cm³/mol. The molecule has 1 fully saturated rings. The monoisotopic (exact) mass is 229 g/mol. The number of halogens is 3. The Kier molecular flexibility index (Phi) is 2.93. The molecule has 1 aliphatic carbocycles. The second-order valence-electron chi connectivity index (χ2n) is 4.40. The maximum absolute atomic E-state index is 13.6. The van der Waals surface area contributed by atoms with Gasteiger partial charge in [0.05, 0.1) is 0 Å². The topological polar surface area (TPSA) is 26.0 Å². The van der Waals surface area contributed by atoms with Gasteiger partial charge in [0.25, 0.3) is 6.43 Å². The molecular formula is C12H14F3N. The highest BCUT2D eigenvalue weighted by atomic mass is 19.3. The van der Waals surface area contributed by atoms with Crippen molar-refractivity contribution in [2.24, 2.45) is 5.73 Å². The summed E-state index contributed by atoms with van der Waals surface area (Å²) in [5.74, 6) is -0.478. The van der Waals surface area contributed by atoms with E-state index >= 15 is 0 Å². The highest BCUT2D eigenvalue weighted by Crippen LogP contribution is 2.38. The van der Waals surface area contributed by atoms with Crippen molar-refractivity contribution in [3.05, 3.63) is 35.1 Å². The molecule has 0 atom stereocenters. The van der Waals surface area contributed by atoms with Crippen LogP contribution in [0.5, 0.6) is 0 Å². The molecule has 1 saturated carbocycles. The number of alkyl halides is 2. The Labute approximate surface area is 92.5 Å². The smallest absolute Gasteiger partial charge is 0.263 e. The number of benzene rings is 1. The Morgan fingerprint density at radius 3 is 2.38 bits per heavy atom. The van der Waals surface area contributed by atoms with Gasteiger partial charge in [0, 0.05) is 16.7 Å². The summed E-state index contributed by atoms with van der Waals surface area (Å²) >= 11 is 0. The molecule has 2 N–H and O–H groups in total. The van der Waals surface area contributed by atoms with Crippen LogP contribution in [0.1, 0.15) is 43.2 Å². The van der Waals surface area contributed by atoms with Crippen LogP contribution in [0.2, 0.25) is 0 Å². The standard InChI is InChI=1S/C12H14F3N/c13-10-4-3-8(11(14)15)7-9(10)12(16)5-1-2-6-12/h3-4,7,11H,1-2,5-6,16H2. The van der Waals surface area contributed by atoms with Gasteiger partial charge < -0.3 is 5.73 Å². The second kappa shape index (κ2) is 4.09. The fraction of sp³-hybridized carbons (Fsp3) is 0.500. The predicted octanol–water partition coefficient (Wildman–Crippen LogP) is 3.49. The van der Waals surface area contributed by atoms with Crippen LogP contribution >= 0.6 is 0 Å². The molecule has 1 aromatic carbocycles. The lowest BCUT2D eigenvalue weighted by molar-refractivity contribution is 0.151. The molecule has 0 saturated heterocycles. The molecule has 0 bridgehead atoms. The molecule has 0 heterocycles. The van der Waals surface area contributed by atoms with E-state index in [4.69, 9.17) is 5.73 Å². The van der Waals surface area contributed by atoms with E-state index in [0.717, 1.165) is 25.0 Å². The third-order valence-electron chi connectivity index (χ3n) is 3.27. The minimum absolute atomic E-state index is 0.159. The van der Waals surface area contributed by atoms with Crippen LogP contribution in [0.25, 0.3) is 0 Å². The molecule has 0 amide bonds. The summed E-state index contributed by atoms with van der Waals surface area (Å²) in [6, 6.07) is 3.41.